The van der Waals surface area contributed by atoms with Gasteiger partial charge in [-0.25, -0.2) is 4.79 Å². The number of para-hydroxylation sites is 1. The highest BCUT2D eigenvalue weighted by molar-refractivity contribution is 6.11. The van der Waals surface area contributed by atoms with E-state index in [1.807, 2.05) is 29.2 Å². The molecule has 3 aromatic rings. The van der Waals surface area contributed by atoms with E-state index in [1.54, 1.807) is 0 Å². The molecule has 2 N–H and O–H groups in total. The van der Waals surface area contributed by atoms with Crippen molar-refractivity contribution in [1.29, 1.82) is 0 Å². The number of nitrogens with one attached hydrogen (secondary N) is 1. The van der Waals surface area contributed by atoms with Crippen molar-refractivity contribution in [2.75, 3.05) is 16.8 Å². The predicted octanol–water partition coefficient (Wildman–Crippen LogP) is 5.74. The fraction of sp³-hybridized carbons (Fsp3) is 0.167. The number of aromatic carboxylic acids is 1. The van der Waals surface area contributed by atoms with Crippen LogP contribution in [0.5, 0.6) is 0 Å². The molecule has 32 heavy (non-hydrogen) atoms. The summed E-state index contributed by atoms with van der Waals surface area (Å²) in [6.07, 6.45) is -2.95. The molecular weight excluding hydrogens is 421 g/mol. The first-order valence-corrected chi connectivity index (χ1v) is 9.96. The van der Waals surface area contributed by atoms with Crippen LogP contribution in [0.25, 0.3) is 0 Å². The molecule has 4 rings (SSSR count). The molecule has 0 aliphatic carbocycles. The molecule has 1 aliphatic rings. The summed E-state index contributed by atoms with van der Waals surface area (Å²) in [6, 6.07) is 16.4. The highest BCUT2D eigenvalue weighted by atomic mass is 19.4. The minimum Gasteiger partial charge on any atom is -0.478 e. The number of carboxylic acid groups (broad SMARTS) is 1. The summed E-state index contributed by atoms with van der Waals surface area (Å²) >= 11 is 0. The first-order chi connectivity index (χ1) is 15.3. The Balaban J connectivity index is 1.79. The van der Waals surface area contributed by atoms with E-state index in [2.05, 4.69) is 5.32 Å². The van der Waals surface area contributed by atoms with E-state index < -0.39 is 23.6 Å². The van der Waals surface area contributed by atoms with Crippen LogP contribution in [0.3, 0.4) is 0 Å². The second-order valence-electron chi connectivity index (χ2n) is 7.42. The summed E-state index contributed by atoms with van der Waals surface area (Å²) in [4.78, 5) is 26.3. The van der Waals surface area contributed by atoms with Gasteiger partial charge in [0.2, 0.25) is 0 Å². The number of rotatable bonds is 4. The molecule has 1 amide bonds. The third kappa shape index (κ3) is 4.16. The minimum atomic E-state index is -4.60. The molecule has 0 aromatic heterocycles. The third-order valence-corrected chi connectivity index (χ3v) is 5.38. The lowest BCUT2D eigenvalue weighted by atomic mass is 10.00. The van der Waals surface area contributed by atoms with Crippen LogP contribution in [0.15, 0.2) is 66.7 Å². The standard InChI is InChI=1S/C24H19F3N2O3/c25-24(26,27)16-11-12-21(29-13-5-7-15-6-1-4-10-20(15)29)19(14-16)28-22(30)17-8-2-3-9-18(17)23(31)32/h1-4,6,8-12,14H,5,7,13H2,(H,28,30)(H,31,32). The molecule has 164 valence electrons. The van der Waals surface area contributed by atoms with Gasteiger partial charge in [0.05, 0.1) is 28.1 Å². The normalized spacial score (nSPS) is 13.4. The molecule has 0 atom stereocenters. The Bertz CT molecular complexity index is 1190. The van der Waals surface area contributed by atoms with Crippen molar-refractivity contribution in [3.63, 3.8) is 0 Å². The molecule has 5 nitrogen and oxygen atoms in total. The number of nitrogens with zero attached hydrogens (tertiary/aromatic N) is 1. The van der Waals surface area contributed by atoms with Gasteiger partial charge in [0.15, 0.2) is 0 Å². The topological polar surface area (TPSA) is 69.6 Å². The summed E-state index contributed by atoms with van der Waals surface area (Å²) in [5, 5.41) is 11.9. The number of halogens is 3. The molecule has 0 radical (unpaired) electrons. The number of carbonyl (C=O) groups is 2. The summed E-state index contributed by atoms with van der Waals surface area (Å²) < 4.78 is 40.2. The predicted molar refractivity (Wildman–Crippen MR) is 115 cm³/mol. The van der Waals surface area contributed by atoms with Crippen LogP contribution in [0.2, 0.25) is 0 Å². The lowest BCUT2D eigenvalue weighted by molar-refractivity contribution is -0.137. The smallest absolute Gasteiger partial charge is 0.416 e. The van der Waals surface area contributed by atoms with Gasteiger partial charge in [-0.05, 0) is 54.8 Å². The van der Waals surface area contributed by atoms with E-state index in [4.69, 9.17) is 0 Å². The summed E-state index contributed by atoms with van der Waals surface area (Å²) in [5.41, 5.74) is 1.01. The molecular formula is C24H19F3N2O3. The maximum Gasteiger partial charge on any atom is 0.416 e. The SMILES string of the molecule is O=C(O)c1ccccc1C(=O)Nc1cc(C(F)(F)F)ccc1N1CCCc2ccccc21. The minimum absolute atomic E-state index is 0.0401. The van der Waals surface area contributed by atoms with Gasteiger partial charge in [0.25, 0.3) is 5.91 Å². The van der Waals surface area contributed by atoms with Crippen molar-refractivity contribution < 1.29 is 27.9 Å². The number of carboxylic acids is 1. The maximum absolute atomic E-state index is 13.4. The van der Waals surface area contributed by atoms with Crippen molar-refractivity contribution >= 4 is 28.9 Å². The number of alkyl halides is 3. The number of hydrogen-bond acceptors (Lipinski definition) is 3. The Morgan fingerprint density at radius 2 is 1.59 bits per heavy atom. The van der Waals surface area contributed by atoms with Crippen LogP contribution in [0.4, 0.5) is 30.2 Å². The number of hydrogen-bond donors (Lipinski definition) is 2. The van der Waals surface area contributed by atoms with Crippen molar-refractivity contribution in [1.82, 2.24) is 0 Å². The average Bonchev–Trinajstić information content (AvgIpc) is 2.78. The Hall–Kier alpha value is -3.81. The van der Waals surface area contributed by atoms with Crippen molar-refractivity contribution in [2.24, 2.45) is 0 Å². The molecule has 0 spiro atoms. The van der Waals surface area contributed by atoms with Gasteiger partial charge in [-0.3, -0.25) is 4.79 Å². The number of benzene rings is 3. The van der Waals surface area contributed by atoms with Crippen LogP contribution in [-0.2, 0) is 12.6 Å². The Labute approximate surface area is 182 Å². The molecule has 0 fully saturated rings. The van der Waals surface area contributed by atoms with E-state index in [-0.39, 0.29) is 16.8 Å². The third-order valence-electron chi connectivity index (χ3n) is 5.38. The molecule has 0 saturated heterocycles. The van der Waals surface area contributed by atoms with E-state index in [1.165, 1.54) is 30.3 Å². The molecule has 1 aliphatic heterocycles. The highest BCUT2D eigenvalue weighted by Gasteiger charge is 2.32. The first kappa shape index (κ1) is 21.4. The van der Waals surface area contributed by atoms with Crippen LogP contribution in [0, 0.1) is 0 Å². The molecule has 0 saturated carbocycles. The zero-order valence-electron chi connectivity index (χ0n) is 16.8. The first-order valence-electron chi connectivity index (χ1n) is 9.96. The molecule has 8 heteroatoms. The molecule has 0 unspecified atom stereocenters. The van der Waals surface area contributed by atoms with Crippen molar-refractivity contribution in [3.05, 3.63) is 89.0 Å². The van der Waals surface area contributed by atoms with E-state index in [0.29, 0.717) is 12.2 Å². The Morgan fingerprint density at radius 3 is 2.31 bits per heavy atom. The monoisotopic (exact) mass is 440 g/mol. The average molecular weight is 440 g/mol. The van der Waals surface area contributed by atoms with Gasteiger partial charge in [0.1, 0.15) is 0 Å². The number of amides is 1. The van der Waals surface area contributed by atoms with Gasteiger partial charge in [0, 0.05) is 12.2 Å². The molecule has 1 heterocycles. The lowest BCUT2D eigenvalue weighted by Crippen LogP contribution is -2.26. The summed E-state index contributed by atoms with van der Waals surface area (Å²) in [5.74, 6) is -2.10. The van der Waals surface area contributed by atoms with Gasteiger partial charge in [-0.1, -0.05) is 30.3 Å². The van der Waals surface area contributed by atoms with Crippen molar-refractivity contribution in [2.45, 2.75) is 19.0 Å². The van der Waals surface area contributed by atoms with E-state index in [0.717, 1.165) is 36.2 Å². The second-order valence-corrected chi connectivity index (χ2v) is 7.42. The van der Waals surface area contributed by atoms with Crippen LogP contribution >= 0.6 is 0 Å². The van der Waals surface area contributed by atoms with Gasteiger partial charge < -0.3 is 15.3 Å². The summed E-state index contributed by atoms with van der Waals surface area (Å²) in [7, 11) is 0. The zero-order chi connectivity index (χ0) is 22.9. The zero-order valence-corrected chi connectivity index (χ0v) is 16.8. The van der Waals surface area contributed by atoms with Crippen LogP contribution in [0.1, 0.15) is 38.3 Å². The number of fused-ring (bicyclic) bond motifs is 1. The van der Waals surface area contributed by atoms with Crippen molar-refractivity contribution in [3.8, 4) is 0 Å². The number of anilines is 3. The van der Waals surface area contributed by atoms with Crippen LogP contribution in [-0.4, -0.2) is 23.5 Å². The summed E-state index contributed by atoms with van der Waals surface area (Å²) in [6.45, 7) is 0.566. The van der Waals surface area contributed by atoms with E-state index in [9.17, 15) is 27.9 Å². The Kier molecular flexibility index (Phi) is 5.61. The van der Waals surface area contributed by atoms with Gasteiger partial charge >= 0.3 is 12.1 Å². The second kappa shape index (κ2) is 8.37. The lowest BCUT2D eigenvalue weighted by Gasteiger charge is -2.33. The largest absolute Gasteiger partial charge is 0.478 e. The quantitative estimate of drug-likeness (QED) is 0.543. The number of aryl methyl sites for hydroxylation is 1. The fourth-order valence-corrected chi connectivity index (χ4v) is 3.89. The van der Waals surface area contributed by atoms with Crippen LogP contribution < -0.4 is 10.2 Å². The number of carbonyl (C=O) groups excluding carboxylic acids is 1. The fourth-order valence-electron chi connectivity index (χ4n) is 3.89. The van der Waals surface area contributed by atoms with Gasteiger partial charge in [-0.15, -0.1) is 0 Å². The van der Waals surface area contributed by atoms with Gasteiger partial charge in [-0.2, -0.15) is 13.2 Å². The maximum atomic E-state index is 13.4. The highest BCUT2D eigenvalue weighted by Crippen LogP contribution is 2.40. The molecule has 3 aromatic carbocycles. The Morgan fingerprint density at radius 1 is 0.906 bits per heavy atom. The van der Waals surface area contributed by atoms with E-state index >= 15 is 0 Å². The molecule has 0 bridgehead atoms.